The van der Waals surface area contributed by atoms with Crippen molar-refractivity contribution in [2.75, 3.05) is 0 Å². The average molecular weight is 144 g/mol. The molecule has 0 fully saturated rings. The SMILES string of the molecule is CC[C@@H](C)NC(=O)C(N)=O. The van der Waals surface area contributed by atoms with E-state index in [0.717, 1.165) is 6.42 Å². The lowest BCUT2D eigenvalue weighted by Gasteiger charge is -2.07. The van der Waals surface area contributed by atoms with Crippen molar-refractivity contribution in [2.24, 2.45) is 5.73 Å². The monoisotopic (exact) mass is 144 g/mol. The third-order valence-electron chi connectivity index (χ3n) is 1.21. The Hall–Kier alpha value is -1.06. The highest BCUT2D eigenvalue weighted by Crippen LogP contribution is 1.85. The molecule has 0 saturated heterocycles. The fourth-order valence-corrected chi connectivity index (χ4v) is 0.397. The number of nitrogens with one attached hydrogen (secondary N) is 1. The molecule has 0 aliphatic rings. The summed E-state index contributed by atoms with van der Waals surface area (Å²) in [5.41, 5.74) is 4.69. The first-order chi connectivity index (χ1) is 4.57. The fourth-order valence-electron chi connectivity index (χ4n) is 0.397. The van der Waals surface area contributed by atoms with E-state index in [1.165, 1.54) is 0 Å². The third kappa shape index (κ3) is 3.06. The van der Waals surface area contributed by atoms with E-state index in [1.54, 1.807) is 6.92 Å². The summed E-state index contributed by atoms with van der Waals surface area (Å²) >= 11 is 0. The van der Waals surface area contributed by atoms with Crippen molar-refractivity contribution >= 4 is 11.8 Å². The van der Waals surface area contributed by atoms with Gasteiger partial charge in [-0.05, 0) is 13.3 Å². The van der Waals surface area contributed by atoms with Crippen molar-refractivity contribution in [2.45, 2.75) is 26.3 Å². The molecule has 0 bridgehead atoms. The quantitative estimate of drug-likeness (QED) is 0.507. The number of carbonyl (C=O) groups is 2. The molecule has 10 heavy (non-hydrogen) atoms. The zero-order chi connectivity index (χ0) is 8.15. The molecule has 2 amide bonds. The maximum absolute atomic E-state index is 10.5. The van der Waals surface area contributed by atoms with E-state index in [4.69, 9.17) is 0 Å². The molecule has 0 spiro atoms. The Balaban J connectivity index is 3.68. The second-order valence-corrected chi connectivity index (χ2v) is 2.15. The van der Waals surface area contributed by atoms with Crippen LogP contribution in [-0.2, 0) is 9.59 Å². The summed E-state index contributed by atoms with van der Waals surface area (Å²) in [6.07, 6.45) is 0.791. The van der Waals surface area contributed by atoms with Gasteiger partial charge < -0.3 is 11.1 Å². The van der Waals surface area contributed by atoms with Gasteiger partial charge in [-0.15, -0.1) is 0 Å². The maximum Gasteiger partial charge on any atom is 0.309 e. The highest BCUT2D eigenvalue weighted by atomic mass is 16.2. The van der Waals surface area contributed by atoms with E-state index < -0.39 is 11.8 Å². The summed E-state index contributed by atoms with van der Waals surface area (Å²) in [5.74, 6) is -1.64. The standard InChI is InChI=1S/C6H12N2O2/c1-3-4(2)8-6(10)5(7)9/h4H,3H2,1-2H3,(H2,7,9)(H,8,10)/t4-/m1/s1. The van der Waals surface area contributed by atoms with Crippen LogP contribution in [0, 0.1) is 0 Å². The smallest absolute Gasteiger partial charge is 0.309 e. The van der Waals surface area contributed by atoms with Gasteiger partial charge in [-0.25, -0.2) is 0 Å². The van der Waals surface area contributed by atoms with Crippen molar-refractivity contribution in [1.29, 1.82) is 0 Å². The third-order valence-corrected chi connectivity index (χ3v) is 1.21. The molecule has 0 heterocycles. The van der Waals surface area contributed by atoms with Crippen LogP contribution in [-0.4, -0.2) is 17.9 Å². The molecule has 0 aromatic carbocycles. The second-order valence-electron chi connectivity index (χ2n) is 2.15. The highest BCUT2D eigenvalue weighted by molar-refractivity contribution is 6.34. The number of hydrogen-bond acceptors (Lipinski definition) is 2. The van der Waals surface area contributed by atoms with Crippen molar-refractivity contribution in [3.05, 3.63) is 0 Å². The van der Waals surface area contributed by atoms with Gasteiger partial charge >= 0.3 is 11.8 Å². The lowest BCUT2D eigenvalue weighted by molar-refractivity contribution is -0.137. The van der Waals surface area contributed by atoms with Crippen molar-refractivity contribution in [1.82, 2.24) is 5.32 Å². The minimum absolute atomic E-state index is 0.0139. The van der Waals surface area contributed by atoms with Gasteiger partial charge in [0.05, 0.1) is 0 Å². The van der Waals surface area contributed by atoms with Crippen LogP contribution in [0.25, 0.3) is 0 Å². The van der Waals surface area contributed by atoms with Crippen LogP contribution in [0.3, 0.4) is 0 Å². The molecule has 58 valence electrons. The predicted octanol–water partition coefficient (Wildman–Crippen LogP) is -0.614. The van der Waals surface area contributed by atoms with Gasteiger partial charge in [0.2, 0.25) is 0 Å². The summed E-state index contributed by atoms with van der Waals surface area (Å²) < 4.78 is 0. The maximum atomic E-state index is 10.5. The summed E-state index contributed by atoms with van der Waals surface area (Å²) in [6, 6.07) is 0.0139. The van der Waals surface area contributed by atoms with Gasteiger partial charge in [0.1, 0.15) is 0 Å². The van der Waals surface area contributed by atoms with Crippen LogP contribution >= 0.6 is 0 Å². The minimum Gasteiger partial charge on any atom is -0.361 e. The van der Waals surface area contributed by atoms with E-state index >= 15 is 0 Å². The topological polar surface area (TPSA) is 72.2 Å². The van der Waals surface area contributed by atoms with Gasteiger partial charge in [-0.1, -0.05) is 6.92 Å². The van der Waals surface area contributed by atoms with Crippen molar-refractivity contribution in [3.63, 3.8) is 0 Å². The van der Waals surface area contributed by atoms with E-state index in [0.29, 0.717) is 0 Å². The van der Waals surface area contributed by atoms with Gasteiger partial charge in [-0.2, -0.15) is 0 Å². The normalized spacial score (nSPS) is 12.2. The van der Waals surface area contributed by atoms with E-state index in [9.17, 15) is 9.59 Å². The summed E-state index contributed by atoms with van der Waals surface area (Å²) in [7, 11) is 0. The lowest BCUT2D eigenvalue weighted by atomic mass is 10.2. The Morgan fingerprint density at radius 3 is 2.40 bits per heavy atom. The zero-order valence-corrected chi connectivity index (χ0v) is 6.18. The largest absolute Gasteiger partial charge is 0.361 e. The molecule has 4 heteroatoms. The highest BCUT2D eigenvalue weighted by Gasteiger charge is 2.09. The van der Waals surface area contributed by atoms with Crippen LogP contribution in [0.1, 0.15) is 20.3 Å². The molecular weight excluding hydrogens is 132 g/mol. The van der Waals surface area contributed by atoms with Crippen molar-refractivity contribution in [3.8, 4) is 0 Å². The molecule has 4 nitrogen and oxygen atoms in total. The molecule has 1 atom stereocenters. The van der Waals surface area contributed by atoms with Gasteiger partial charge in [-0.3, -0.25) is 9.59 Å². The molecule has 0 unspecified atom stereocenters. The first kappa shape index (κ1) is 8.94. The minimum atomic E-state index is -0.930. The molecule has 0 saturated carbocycles. The van der Waals surface area contributed by atoms with E-state index in [1.807, 2.05) is 6.92 Å². The molecule has 0 radical (unpaired) electrons. The molecule has 0 aliphatic carbocycles. The number of nitrogens with two attached hydrogens (primary N) is 1. The molecule has 0 rings (SSSR count). The molecule has 0 aromatic rings. The van der Waals surface area contributed by atoms with Gasteiger partial charge in [0, 0.05) is 6.04 Å². The Kier molecular flexibility index (Phi) is 3.46. The first-order valence-corrected chi connectivity index (χ1v) is 3.18. The summed E-state index contributed by atoms with van der Waals surface area (Å²) in [4.78, 5) is 20.7. The Morgan fingerprint density at radius 2 is 2.10 bits per heavy atom. The zero-order valence-electron chi connectivity index (χ0n) is 6.18. The first-order valence-electron chi connectivity index (χ1n) is 3.18. The number of primary amides is 1. The molecule has 0 aliphatic heterocycles. The molecule has 3 N–H and O–H groups in total. The summed E-state index contributed by atoms with van der Waals surface area (Å²) in [6.45, 7) is 3.72. The second kappa shape index (κ2) is 3.87. The Morgan fingerprint density at radius 1 is 1.60 bits per heavy atom. The van der Waals surface area contributed by atoms with E-state index in [-0.39, 0.29) is 6.04 Å². The molecular formula is C6H12N2O2. The Labute approximate surface area is 59.8 Å². The Bertz CT molecular complexity index is 145. The van der Waals surface area contributed by atoms with Crippen LogP contribution in [0.2, 0.25) is 0 Å². The number of hydrogen-bond donors (Lipinski definition) is 2. The van der Waals surface area contributed by atoms with Gasteiger partial charge in [0.15, 0.2) is 0 Å². The van der Waals surface area contributed by atoms with Crippen LogP contribution in [0.5, 0.6) is 0 Å². The van der Waals surface area contributed by atoms with E-state index in [2.05, 4.69) is 11.1 Å². The average Bonchev–Trinajstić information content (AvgIpc) is 1.87. The van der Waals surface area contributed by atoms with Crippen LogP contribution in [0.15, 0.2) is 0 Å². The van der Waals surface area contributed by atoms with Gasteiger partial charge in [0.25, 0.3) is 0 Å². The number of rotatable bonds is 2. The van der Waals surface area contributed by atoms with Crippen LogP contribution in [0.4, 0.5) is 0 Å². The molecule has 0 aromatic heterocycles. The summed E-state index contributed by atoms with van der Waals surface area (Å²) in [5, 5.41) is 2.42. The lowest BCUT2D eigenvalue weighted by Crippen LogP contribution is -2.40. The predicted molar refractivity (Wildman–Crippen MR) is 37.1 cm³/mol. The number of carbonyl (C=O) groups excluding carboxylic acids is 2. The van der Waals surface area contributed by atoms with Crippen molar-refractivity contribution < 1.29 is 9.59 Å². The fraction of sp³-hybridized carbons (Fsp3) is 0.667. The van der Waals surface area contributed by atoms with Crippen LogP contribution < -0.4 is 11.1 Å². The number of amides is 2.